The molecule has 0 saturated heterocycles. The minimum absolute atomic E-state index is 0.133. The summed E-state index contributed by atoms with van der Waals surface area (Å²) in [6.45, 7) is 4.85. The van der Waals surface area contributed by atoms with Crippen LogP contribution in [-0.2, 0) is 10.2 Å². The zero-order valence-corrected chi connectivity index (χ0v) is 17.6. The van der Waals surface area contributed by atoms with E-state index in [-0.39, 0.29) is 11.7 Å². The Hall–Kier alpha value is -2.88. The molecule has 3 aromatic carbocycles. The fourth-order valence-electron chi connectivity index (χ4n) is 4.45. The van der Waals surface area contributed by atoms with E-state index in [1.54, 1.807) is 12.1 Å². The highest BCUT2D eigenvalue weighted by molar-refractivity contribution is 6.07. The third kappa shape index (κ3) is 3.79. The van der Waals surface area contributed by atoms with Gasteiger partial charge in [-0.1, -0.05) is 69.2 Å². The van der Waals surface area contributed by atoms with Crippen molar-refractivity contribution in [2.45, 2.75) is 44.9 Å². The Morgan fingerprint density at radius 1 is 1.00 bits per heavy atom. The number of nitrogens with one attached hydrogen (secondary N) is 1. The lowest BCUT2D eigenvalue weighted by Crippen LogP contribution is -2.38. The van der Waals surface area contributed by atoms with E-state index < -0.39 is 5.41 Å². The van der Waals surface area contributed by atoms with Gasteiger partial charge in [0.1, 0.15) is 11.6 Å². The maximum atomic E-state index is 14.6. The first-order valence-corrected chi connectivity index (χ1v) is 10.7. The van der Waals surface area contributed by atoms with Crippen molar-refractivity contribution in [3.8, 4) is 5.75 Å². The molecule has 0 aromatic heterocycles. The third-order valence-electron chi connectivity index (χ3n) is 5.99. The molecule has 1 saturated carbocycles. The molecule has 0 unspecified atom stereocenters. The van der Waals surface area contributed by atoms with Crippen LogP contribution < -0.4 is 10.1 Å². The molecule has 0 atom stereocenters. The summed E-state index contributed by atoms with van der Waals surface area (Å²) in [6, 6.07) is 18.4. The molecule has 0 radical (unpaired) electrons. The Balaban J connectivity index is 1.69. The highest BCUT2D eigenvalue weighted by Gasteiger charge is 2.44. The zero-order chi connectivity index (χ0) is 21.1. The topological polar surface area (TPSA) is 38.3 Å². The van der Waals surface area contributed by atoms with Crippen molar-refractivity contribution >= 4 is 22.4 Å². The molecule has 1 N–H and O–H groups in total. The predicted molar refractivity (Wildman–Crippen MR) is 119 cm³/mol. The lowest BCUT2D eigenvalue weighted by Gasteiger charge is -2.29. The number of anilines is 1. The molecule has 0 bridgehead atoms. The summed E-state index contributed by atoms with van der Waals surface area (Å²) in [5, 5.41) is 5.01. The molecule has 1 fully saturated rings. The van der Waals surface area contributed by atoms with Crippen LogP contribution in [0.25, 0.3) is 10.8 Å². The molecule has 0 spiro atoms. The number of rotatable bonds is 6. The second-order valence-electron chi connectivity index (χ2n) is 8.58. The van der Waals surface area contributed by atoms with E-state index in [0.717, 1.165) is 35.1 Å². The average Bonchev–Trinajstić information content (AvgIpc) is 3.24. The van der Waals surface area contributed by atoms with Crippen LogP contribution in [0.15, 0.2) is 60.7 Å². The van der Waals surface area contributed by atoms with E-state index in [1.165, 1.54) is 6.07 Å². The van der Waals surface area contributed by atoms with Gasteiger partial charge < -0.3 is 10.1 Å². The maximum Gasteiger partial charge on any atom is 0.235 e. The SMILES string of the molecule is CC(C)COc1ccc(NC(=O)C2(c3ccccc3F)CCCC2)c2ccccc12. The van der Waals surface area contributed by atoms with Gasteiger partial charge in [-0.3, -0.25) is 4.79 Å². The second-order valence-corrected chi connectivity index (χ2v) is 8.58. The fraction of sp³-hybridized carbons (Fsp3) is 0.346. The minimum Gasteiger partial charge on any atom is -0.493 e. The molecule has 3 nitrogen and oxygen atoms in total. The lowest BCUT2D eigenvalue weighted by molar-refractivity contribution is -0.121. The lowest BCUT2D eigenvalue weighted by atomic mass is 9.77. The van der Waals surface area contributed by atoms with Crippen LogP contribution in [0.4, 0.5) is 10.1 Å². The van der Waals surface area contributed by atoms with Gasteiger partial charge in [-0.2, -0.15) is 0 Å². The molecule has 1 aliphatic carbocycles. The van der Waals surface area contributed by atoms with Crippen molar-refractivity contribution in [2.24, 2.45) is 5.92 Å². The van der Waals surface area contributed by atoms with Crippen LogP contribution in [-0.4, -0.2) is 12.5 Å². The Labute approximate surface area is 177 Å². The van der Waals surface area contributed by atoms with E-state index in [4.69, 9.17) is 4.74 Å². The Kier molecular flexibility index (Phi) is 5.76. The second kappa shape index (κ2) is 8.47. The molecule has 0 aliphatic heterocycles. The monoisotopic (exact) mass is 405 g/mol. The Morgan fingerprint density at radius 3 is 2.37 bits per heavy atom. The summed E-state index contributed by atoms with van der Waals surface area (Å²) >= 11 is 0. The molecule has 30 heavy (non-hydrogen) atoms. The van der Waals surface area contributed by atoms with Crippen LogP contribution >= 0.6 is 0 Å². The summed E-state index contributed by atoms with van der Waals surface area (Å²) in [6.07, 6.45) is 3.16. The normalized spacial score (nSPS) is 15.5. The van der Waals surface area contributed by atoms with E-state index in [2.05, 4.69) is 19.2 Å². The predicted octanol–water partition coefficient (Wildman–Crippen LogP) is 6.46. The molecule has 1 aliphatic rings. The first-order valence-electron chi connectivity index (χ1n) is 10.7. The van der Waals surface area contributed by atoms with Gasteiger partial charge in [-0.25, -0.2) is 4.39 Å². The van der Waals surface area contributed by atoms with Gasteiger partial charge in [0, 0.05) is 22.0 Å². The number of hydrogen-bond acceptors (Lipinski definition) is 2. The number of fused-ring (bicyclic) bond motifs is 1. The Morgan fingerprint density at radius 2 is 1.67 bits per heavy atom. The number of hydrogen-bond donors (Lipinski definition) is 1. The maximum absolute atomic E-state index is 14.6. The standard InChI is InChI=1S/C26H28FNO2/c1-18(2)17-30-24-14-13-23(19-9-3-4-10-20(19)24)28-25(29)26(15-7-8-16-26)21-11-5-6-12-22(21)27/h3-6,9-14,18H,7-8,15-17H2,1-2H3,(H,28,29). The van der Waals surface area contributed by atoms with Crippen LogP contribution in [0, 0.1) is 11.7 Å². The van der Waals surface area contributed by atoms with Gasteiger partial charge in [-0.15, -0.1) is 0 Å². The Bertz CT molecular complexity index is 1050. The summed E-state index contributed by atoms with van der Waals surface area (Å²) in [5.41, 5.74) is 0.413. The highest BCUT2D eigenvalue weighted by atomic mass is 19.1. The molecule has 4 rings (SSSR count). The van der Waals surface area contributed by atoms with Crippen LogP contribution in [0.3, 0.4) is 0 Å². The van der Waals surface area contributed by atoms with Gasteiger partial charge >= 0.3 is 0 Å². The molecule has 1 amide bonds. The third-order valence-corrected chi connectivity index (χ3v) is 5.99. The van der Waals surface area contributed by atoms with Crippen LogP contribution in [0.5, 0.6) is 5.75 Å². The number of carbonyl (C=O) groups excluding carboxylic acids is 1. The summed E-state index contributed by atoms with van der Waals surface area (Å²) in [5.74, 6) is 0.788. The molecule has 0 heterocycles. The van der Waals surface area contributed by atoms with Crippen molar-refractivity contribution in [1.29, 1.82) is 0 Å². The smallest absolute Gasteiger partial charge is 0.235 e. The number of halogens is 1. The quantitative estimate of drug-likeness (QED) is 0.511. The molecular formula is C26H28FNO2. The van der Waals surface area contributed by atoms with E-state index in [1.807, 2.05) is 42.5 Å². The van der Waals surface area contributed by atoms with Gasteiger partial charge in [0.05, 0.1) is 12.0 Å². The summed E-state index contributed by atoms with van der Waals surface area (Å²) in [7, 11) is 0. The first-order chi connectivity index (χ1) is 14.5. The van der Waals surface area contributed by atoms with Crippen molar-refractivity contribution in [3.63, 3.8) is 0 Å². The number of ether oxygens (including phenoxy) is 1. The zero-order valence-electron chi connectivity index (χ0n) is 17.6. The van der Waals surface area contributed by atoms with E-state index in [9.17, 15) is 9.18 Å². The summed E-state index contributed by atoms with van der Waals surface area (Å²) in [4.78, 5) is 13.5. The van der Waals surface area contributed by atoms with Gasteiger partial charge in [-0.05, 0) is 37.0 Å². The average molecular weight is 406 g/mol. The van der Waals surface area contributed by atoms with Crippen molar-refractivity contribution in [3.05, 3.63) is 72.0 Å². The first kappa shape index (κ1) is 20.4. The minimum atomic E-state index is -0.820. The van der Waals surface area contributed by atoms with Crippen molar-refractivity contribution in [1.82, 2.24) is 0 Å². The van der Waals surface area contributed by atoms with Crippen LogP contribution in [0.1, 0.15) is 45.1 Å². The largest absolute Gasteiger partial charge is 0.493 e. The van der Waals surface area contributed by atoms with Gasteiger partial charge in [0.15, 0.2) is 0 Å². The number of carbonyl (C=O) groups is 1. The van der Waals surface area contributed by atoms with Crippen LogP contribution in [0.2, 0.25) is 0 Å². The van der Waals surface area contributed by atoms with Crippen molar-refractivity contribution in [2.75, 3.05) is 11.9 Å². The molecule has 3 aromatic rings. The van der Waals surface area contributed by atoms with E-state index in [0.29, 0.717) is 30.9 Å². The molecular weight excluding hydrogens is 377 g/mol. The van der Waals surface area contributed by atoms with E-state index >= 15 is 0 Å². The van der Waals surface area contributed by atoms with Crippen molar-refractivity contribution < 1.29 is 13.9 Å². The molecule has 156 valence electrons. The van der Waals surface area contributed by atoms with Gasteiger partial charge in [0.2, 0.25) is 5.91 Å². The summed E-state index contributed by atoms with van der Waals surface area (Å²) < 4.78 is 20.6. The number of benzene rings is 3. The number of amides is 1. The fourth-order valence-corrected chi connectivity index (χ4v) is 4.45. The molecule has 4 heteroatoms. The van der Waals surface area contributed by atoms with Gasteiger partial charge in [0.25, 0.3) is 0 Å². The highest BCUT2D eigenvalue weighted by Crippen LogP contribution is 2.43.